The van der Waals surface area contributed by atoms with Gasteiger partial charge >= 0.3 is 11.9 Å². The molecule has 12 rings (SSSR count). The van der Waals surface area contributed by atoms with Gasteiger partial charge < -0.3 is 44.7 Å². The topological polar surface area (TPSA) is 164 Å². The van der Waals surface area contributed by atoms with Gasteiger partial charge in [-0.1, -0.05) is 85.2 Å². The molecule has 11 unspecified atom stereocenters. The summed E-state index contributed by atoms with van der Waals surface area (Å²) in [5.74, 6) is 5.23. The number of carbonyl (C=O) groups excluding carboxylic acids is 2. The maximum atomic E-state index is 16.2. The molecule has 3 saturated carbocycles. The van der Waals surface area contributed by atoms with Crippen LogP contribution in [0.2, 0.25) is 0 Å². The number of hydrogen-bond acceptors (Lipinski definition) is 11. The van der Waals surface area contributed by atoms with Gasteiger partial charge in [-0.3, -0.25) is 9.59 Å². The Balaban J connectivity index is 1.05. The number of phenols is 3. The van der Waals surface area contributed by atoms with Crippen LogP contribution in [0.5, 0.6) is 28.7 Å². The molecule has 1 heterocycles. The van der Waals surface area contributed by atoms with Crippen molar-refractivity contribution in [3.8, 4) is 51.7 Å². The van der Waals surface area contributed by atoms with E-state index in [0.29, 0.717) is 69.5 Å². The van der Waals surface area contributed by atoms with Crippen molar-refractivity contribution < 1.29 is 49.0 Å². The highest BCUT2D eigenvalue weighted by atomic mass is 16.6. The van der Waals surface area contributed by atoms with Crippen molar-refractivity contribution in [2.75, 3.05) is 20.8 Å². The predicted octanol–water partition coefficient (Wildman–Crippen LogP) is 11.2. The van der Waals surface area contributed by atoms with Gasteiger partial charge in [0.05, 0.1) is 25.7 Å². The standard InChI is InChI=1S/C66H67NO10/c1-38(68)76-60-32-48(77-64(73)65-20-10-15-40(36-65)13-7-8-22-67-37-41-14-9-16-42(23-41)50-30-47(69)24-43-17-18-46(65)29-49(43)50)31-53-51-34-62(75-3)58(71)27-44(51)25-54-57(70)35-55-52-33-59(72)61(74-2)28-45(52)26-56(60)66(55,63(53)54)21-19-39-11-5-4-6-12-39/h4-6,9,11-12,14,16-19,21,23-24,27-30,33-34,40,48,53-57,60,63,67,69-72H,8,10,15,20,22,25-26,31-32,35-37H2,1-3H3. The fraction of sp³-hybridized carbons (Fsp3) is 0.394. The average Bonchev–Trinajstić information content (AvgIpc) is 3.49. The smallest absolute Gasteiger partial charge is 0.316 e. The molecule has 396 valence electrons. The summed E-state index contributed by atoms with van der Waals surface area (Å²) in [7, 11) is 3.07. The first kappa shape index (κ1) is 50.6. The molecule has 1 aliphatic heterocycles. The summed E-state index contributed by atoms with van der Waals surface area (Å²) >= 11 is 0. The molecule has 0 radical (unpaired) electrons. The maximum absolute atomic E-state index is 16.2. The van der Waals surface area contributed by atoms with Crippen molar-refractivity contribution >= 4 is 28.8 Å². The third kappa shape index (κ3) is 8.97. The molecule has 6 aromatic rings. The third-order valence-electron chi connectivity index (χ3n) is 18.6. The Kier molecular flexibility index (Phi) is 13.3. The van der Waals surface area contributed by atoms with Crippen LogP contribution in [0.4, 0.5) is 0 Å². The normalized spacial score (nSPS) is 29.1. The third-order valence-corrected chi connectivity index (χ3v) is 18.6. The minimum absolute atomic E-state index is 0.00892. The molecular formula is C66H67NO10. The first-order chi connectivity index (χ1) is 37.3. The Morgan fingerprint density at radius 2 is 1.61 bits per heavy atom. The van der Waals surface area contributed by atoms with Crippen LogP contribution in [0, 0.1) is 40.9 Å². The molecule has 0 spiro atoms. The number of rotatable bonds is 7. The van der Waals surface area contributed by atoms with Crippen molar-refractivity contribution in [1.82, 2.24) is 5.32 Å². The van der Waals surface area contributed by atoms with E-state index >= 15 is 4.79 Å². The second kappa shape index (κ2) is 20.3. The number of carbonyl (C=O) groups is 2. The van der Waals surface area contributed by atoms with E-state index in [1.54, 1.807) is 31.4 Å². The predicted molar refractivity (Wildman–Crippen MR) is 295 cm³/mol. The summed E-state index contributed by atoms with van der Waals surface area (Å²) in [6.07, 6.45) is 7.16. The van der Waals surface area contributed by atoms with E-state index in [-0.39, 0.29) is 59.2 Å². The van der Waals surface area contributed by atoms with Crippen LogP contribution in [-0.4, -0.2) is 71.4 Å². The Morgan fingerprint density at radius 3 is 2.43 bits per heavy atom. The minimum Gasteiger partial charge on any atom is -0.508 e. The lowest BCUT2D eigenvalue weighted by Crippen LogP contribution is -2.62. The van der Waals surface area contributed by atoms with E-state index < -0.39 is 41.0 Å². The first-order valence-corrected chi connectivity index (χ1v) is 27.5. The second-order valence-electron chi connectivity index (χ2n) is 22.8. The van der Waals surface area contributed by atoms with Crippen LogP contribution < -0.4 is 14.8 Å². The highest BCUT2D eigenvalue weighted by Crippen LogP contribution is 2.70. The molecule has 11 nitrogen and oxygen atoms in total. The number of aliphatic hydroxyl groups is 1. The van der Waals surface area contributed by atoms with Crippen LogP contribution in [-0.2, 0) is 43.9 Å². The van der Waals surface area contributed by atoms with Crippen LogP contribution >= 0.6 is 0 Å². The van der Waals surface area contributed by atoms with Gasteiger partial charge in [-0.05, 0) is 178 Å². The highest BCUT2D eigenvalue weighted by molar-refractivity contribution is 5.99. The lowest BCUT2D eigenvalue weighted by Gasteiger charge is -2.64. The minimum atomic E-state index is -1.12. The van der Waals surface area contributed by atoms with E-state index in [0.717, 1.165) is 73.7 Å². The van der Waals surface area contributed by atoms with Gasteiger partial charge in [-0.2, -0.15) is 0 Å². The Bertz CT molecular complexity index is 3380. The van der Waals surface area contributed by atoms with Gasteiger partial charge in [0.2, 0.25) is 0 Å². The summed E-state index contributed by atoms with van der Waals surface area (Å²) in [6, 6.07) is 35.6. The number of phenolic OH excluding ortho intramolecular Hbond substituents is 3. The Labute approximate surface area is 450 Å². The number of fused-ring (bicyclic) bond motifs is 11. The van der Waals surface area contributed by atoms with Gasteiger partial charge in [0.25, 0.3) is 0 Å². The number of hydrogen-bond donors (Lipinski definition) is 5. The van der Waals surface area contributed by atoms with Crippen LogP contribution in [0.25, 0.3) is 28.0 Å². The zero-order valence-electron chi connectivity index (χ0n) is 44.0. The van der Waals surface area contributed by atoms with E-state index in [4.69, 9.17) is 18.9 Å². The van der Waals surface area contributed by atoms with Crippen LogP contribution in [0.1, 0.15) is 109 Å². The molecule has 0 amide bonds. The van der Waals surface area contributed by atoms with Gasteiger partial charge in [-0.15, -0.1) is 5.92 Å². The van der Waals surface area contributed by atoms with E-state index in [9.17, 15) is 25.2 Å². The van der Waals surface area contributed by atoms with Crippen molar-refractivity contribution in [3.63, 3.8) is 0 Å². The van der Waals surface area contributed by atoms with Gasteiger partial charge in [0.1, 0.15) is 18.0 Å². The molecule has 6 aromatic carbocycles. The van der Waals surface area contributed by atoms with E-state index in [1.807, 2.05) is 48.5 Å². The van der Waals surface area contributed by atoms with Crippen molar-refractivity contribution in [2.45, 2.75) is 113 Å². The summed E-state index contributed by atoms with van der Waals surface area (Å²) in [5.41, 5.74) is 6.54. The molecule has 11 atom stereocenters. The van der Waals surface area contributed by atoms with Gasteiger partial charge in [-0.25, -0.2) is 0 Å². The molecule has 0 saturated heterocycles. The van der Waals surface area contributed by atoms with Crippen molar-refractivity contribution in [3.05, 3.63) is 154 Å². The maximum Gasteiger partial charge on any atom is 0.316 e. The number of allylic oxidation sites excluding steroid dienone is 1. The molecule has 5 aliphatic carbocycles. The number of aromatic hydroxyl groups is 3. The van der Waals surface area contributed by atoms with Crippen molar-refractivity contribution in [2.24, 2.45) is 29.1 Å². The molecular weight excluding hydrogens is 967 g/mol. The molecule has 11 heteroatoms. The monoisotopic (exact) mass is 1030 g/mol. The molecule has 6 aliphatic rings. The number of methoxy groups -OCH3 is 2. The van der Waals surface area contributed by atoms with Crippen LogP contribution in [0.3, 0.4) is 0 Å². The Morgan fingerprint density at radius 1 is 0.805 bits per heavy atom. The molecule has 77 heavy (non-hydrogen) atoms. The van der Waals surface area contributed by atoms with E-state index in [2.05, 4.69) is 65.7 Å². The summed E-state index contributed by atoms with van der Waals surface area (Å²) < 4.78 is 25.5. The van der Waals surface area contributed by atoms with Crippen LogP contribution in [0.15, 0.2) is 115 Å². The number of nitrogens with one attached hydrogen (secondary N) is 1. The largest absolute Gasteiger partial charge is 0.508 e. The number of esters is 2. The highest BCUT2D eigenvalue weighted by Gasteiger charge is 2.65. The van der Waals surface area contributed by atoms with Gasteiger partial charge in [0, 0.05) is 50.1 Å². The van der Waals surface area contributed by atoms with Crippen molar-refractivity contribution in [1.29, 1.82) is 0 Å². The summed E-state index contributed by atoms with van der Waals surface area (Å²) in [4.78, 5) is 30.0. The SMILES string of the molecule is COc1cc2c(cc1O)C1CC(O)C3Cc4cc(O)c(OC)cc4C4CC(OC(=O)C56CCCC(C#CCCNCc7cccc(c7)-c7cc(O)cc8ccc5cc78)C6)CC(OC(C)=O)C(C2)C1(C=Cc1ccccc1)C43. The number of aliphatic hydroxyl groups excluding tert-OH is 1. The average molecular weight is 1030 g/mol. The summed E-state index contributed by atoms with van der Waals surface area (Å²) in [6.45, 7) is 2.83. The lowest BCUT2D eigenvalue weighted by molar-refractivity contribution is -0.179. The quantitative estimate of drug-likeness (QED) is 0.0764. The lowest BCUT2D eigenvalue weighted by atomic mass is 9.40. The molecule has 3 fully saturated rings. The first-order valence-electron chi connectivity index (χ1n) is 27.5. The summed E-state index contributed by atoms with van der Waals surface area (Å²) in [5, 5.41) is 52.1. The number of benzene rings is 6. The molecule has 0 aromatic heterocycles. The second-order valence-corrected chi connectivity index (χ2v) is 22.8. The zero-order chi connectivity index (χ0) is 53.2. The Hall–Kier alpha value is -7.26. The fourth-order valence-electron chi connectivity index (χ4n) is 15.4. The molecule has 5 N–H and O–H groups in total. The zero-order valence-corrected chi connectivity index (χ0v) is 44.0. The fourth-order valence-corrected chi connectivity index (χ4v) is 15.4. The molecule has 6 bridgehead atoms. The van der Waals surface area contributed by atoms with E-state index in [1.165, 1.54) is 14.0 Å². The van der Waals surface area contributed by atoms with Gasteiger partial charge in [0.15, 0.2) is 23.0 Å². The number of ether oxygens (including phenoxy) is 4.